The van der Waals surface area contributed by atoms with Crippen LogP contribution in [-0.2, 0) is 23.9 Å². The van der Waals surface area contributed by atoms with Crippen molar-refractivity contribution in [3.05, 3.63) is 48.6 Å². The first-order valence-electron chi connectivity index (χ1n) is 12.8. The first-order chi connectivity index (χ1) is 17.6. The van der Waals surface area contributed by atoms with E-state index in [1.807, 2.05) is 0 Å². The highest BCUT2D eigenvalue weighted by Crippen LogP contribution is 2.65. The molecule has 3 N–H and O–H groups in total. The molecule has 9 nitrogen and oxygen atoms in total. The average molecular weight is 529 g/mol. The molecule has 0 aromatic heterocycles. The number of ether oxygens (including phenoxy) is 2. The van der Waals surface area contributed by atoms with Gasteiger partial charge in [-0.1, -0.05) is 45.0 Å². The number of allylic oxidation sites excluding steroid dienone is 1. The number of fused-ring (bicyclic) bond motifs is 3. The number of aliphatic hydroxyl groups is 3. The molecular weight excluding hydrogens is 492 g/mol. The van der Waals surface area contributed by atoms with Gasteiger partial charge in [0.2, 0.25) is 0 Å². The van der Waals surface area contributed by atoms with Crippen LogP contribution in [0, 0.1) is 28.1 Å². The van der Waals surface area contributed by atoms with Crippen molar-refractivity contribution in [3.8, 4) is 0 Å². The van der Waals surface area contributed by atoms with Crippen molar-refractivity contribution in [1.29, 1.82) is 0 Å². The lowest BCUT2D eigenvalue weighted by Crippen LogP contribution is -2.79. The van der Waals surface area contributed by atoms with E-state index in [2.05, 4.69) is 6.58 Å². The van der Waals surface area contributed by atoms with Gasteiger partial charge in [0.25, 0.3) is 0 Å². The molecule has 0 bridgehead atoms. The van der Waals surface area contributed by atoms with Gasteiger partial charge in [-0.15, -0.1) is 6.58 Å². The Bertz CT molecular complexity index is 1180. The fourth-order valence-corrected chi connectivity index (χ4v) is 7.45. The summed E-state index contributed by atoms with van der Waals surface area (Å²) >= 11 is 0. The normalized spacial score (nSPS) is 41.9. The summed E-state index contributed by atoms with van der Waals surface area (Å²) in [4.78, 5) is 53.2. The Morgan fingerprint density at radius 3 is 2.21 bits per heavy atom. The summed E-state index contributed by atoms with van der Waals surface area (Å²) in [5.74, 6) is -5.05. The second-order valence-corrected chi connectivity index (χ2v) is 12.1. The van der Waals surface area contributed by atoms with Crippen molar-refractivity contribution in [3.63, 3.8) is 0 Å². The highest BCUT2D eigenvalue weighted by molar-refractivity contribution is 6.06. The first-order valence-corrected chi connectivity index (χ1v) is 12.8. The van der Waals surface area contributed by atoms with E-state index in [4.69, 9.17) is 9.47 Å². The molecular formula is C29H36O9. The highest BCUT2D eigenvalue weighted by atomic mass is 16.6. The maximum Gasteiger partial charge on any atom is 0.338 e. The number of hydrogen-bond donors (Lipinski definition) is 3. The molecule has 9 unspecified atom stereocenters. The average Bonchev–Trinajstić information content (AvgIpc) is 2.85. The smallest absolute Gasteiger partial charge is 0.338 e. The fourth-order valence-electron chi connectivity index (χ4n) is 7.45. The SMILES string of the molecule is C=CC1(C)CC(=O)C2C(O)(C1=O)C(O)CC1C(C)(C)C(O)C(OC(C)=O)C(OC(=O)c3ccccc3)C12C. The molecule has 0 aliphatic heterocycles. The van der Waals surface area contributed by atoms with E-state index in [0.717, 1.165) is 6.92 Å². The maximum absolute atomic E-state index is 13.9. The van der Waals surface area contributed by atoms with Crippen molar-refractivity contribution < 1.29 is 44.0 Å². The van der Waals surface area contributed by atoms with E-state index in [0.29, 0.717) is 0 Å². The predicted octanol–water partition coefficient (Wildman–Crippen LogP) is 2.01. The summed E-state index contributed by atoms with van der Waals surface area (Å²) in [6.07, 6.45) is -4.99. The van der Waals surface area contributed by atoms with E-state index in [9.17, 15) is 34.5 Å². The van der Waals surface area contributed by atoms with Crippen molar-refractivity contribution in [2.75, 3.05) is 0 Å². The minimum atomic E-state index is -2.51. The standard InChI is InChI=1S/C29H36O9/c1-7-27(5)14-17(31)21-28(6)18(13-19(32)29(21,36)25(27)35)26(3,4)22(33)20(37-15(2)30)23(28)38-24(34)16-11-9-8-10-12-16/h7-12,18-23,32-33,36H,1,13-14H2,2-6H3. The van der Waals surface area contributed by atoms with Crippen LogP contribution in [0.1, 0.15) is 57.8 Å². The molecule has 0 heterocycles. The third kappa shape index (κ3) is 3.78. The third-order valence-electron chi connectivity index (χ3n) is 9.40. The van der Waals surface area contributed by atoms with Crippen LogP contribution in [0.15, 0.2) is 43.0 Å². The van der Waals surface area contributed by atoms with Gasteiger partial charge in [0.05, 0.1) is 23.0 Å². The molecule has 206 valence electrons. The van der Waals surface area contributed by atoms with Gasteiger partial charge < -0.3 is 24.8 Å². The Kier molecular flexibility index (Phi) is 6.74. The molecule has 3 saturated carbocycles. The van der Waals surface area contributed by atoms with Gasteiger partial charge in [-0.3, -0.25) is 14.4 Å². The topological polar surface area (TPSA) is 147 Å². The number of aliphatic hydroxyl groups excluding tert-OH is 2. The third-order valence-corrected chi connectivity index (χ3v) is 9.40. The zero-order valence-electron chi connectivity index (χ0n) is 22.3. The summed E-state index contributed by atoms with van der Waals surface area (Å²) in [6, 6.07) is 8.04. The fraction of sp³-hybridized carbons (Fsp3) is 0.586. The number of hydrogen-bond acceptors (Lipinski definition) is 9. The number of Topliss-reactive ketones (excluding diaryl/α,β-unsaturated/α-hetero) is 2. The Labute approximate surface area is 221 Å². The van der Waals surface area contributed by atoms with Crippen LogP contribution in [0.25, 0.3) is 0 Å². The summed E-state index contributed by atoms with van der Waals surface area (Å²) in [6.45, 7) is 11.3. The van der Waals surface area contributed by atoms with E-state index in [1.54, 1.807) is 39.0 Å². The molecule has 1 aromatic rings. The Balaban J connectivity index is 1.95. The molecule has 0 spiro atoms. The van der Waals surface area contributed by atoms with Crippen LogP contribution < -0.4 is 0 Å². The van der Waals surface area contributed by atoms with Gasteiger partial charge in [-0.05, 0) is 36.8 Å². The summed E-state index contributed by atoms with van der Waals surface area (Å²) in [5.41, 5.74) is -6.35. The Morgan fingerprint density at radius 1 is 1.05 bits per heavy atom. The lowest BCUT2D eigenvalue weighted by Gasteiger charge is -2.67. The highest BCUT2D eigenvalue weighted by Gasteiger charge is 2.77. The second-order valence-electron chi connectivity index (χ2n) is 12.1. The number of esters is 2. The zero-order valence-corrected chi connectivity index (χ0v) is 22.3. The number of benzene rings is 1. The molecule has 38 heavy (non-hydrogen) atoms. The van der Waals surface area contributed by atoms with Gasteiger partial charge in [0.15, 0.2) is 17.5 Å². The van der Waals surface area contributed by atoms with Gasteiger partial charge in [0.1, 0.15) is 18.0 Å². The molecule has 3 fully saturated rings. The molecule has 3 aliphatic carbocycles. The molecule has 0 saturated heterocycles. The summed E-state index contributed by atoms with van der Waals surface area (Å²) in [7, 11) is 0. The molecule has 9 atom stereocenters. The predicted molar refractivity (Wildman–Crippen MR) is 135 cm³/mol. The Morgan fingerprint density at radius 2 is 1.66 bits per heavy atom. The zero-order chi connectivity index (χ0) is 28.4. The second kappa shape index (κ2) is 9.10. The minimum Gasteiger partial charge on any atom is -0.456 e. The van der Waals surface area contributed by atoms with Crippen molar-refractivity contribution in [2.24, 2.45) is 28.1 Å². The van der Waals surface area contributed by atoms with Crippen LogP contribution in [0.4, 0.5) is 0 Å². The lowest BCUT2D eigenvalue weighted by molar-refractivity contribution is -0.291. The number of rotatable bonds is 4. The maximum atomic E-state index is 13.9. The van der Waals surface area contributed by atoms with Crippen molar-refractivity contribution >= 4 is 23.5 Å². The molecule has 0 amide bonds. The molecule has 4 rings (SSSR count). The van der Waals surface area contributed by atoms with Gasteiger partial charge in [-0.2, -0.15) is 0 Å². The summed E-state index contributed by atoms with van der Waals surface area (Å²) < 4.78 is 11.5. The van der Waals surface area contributed by atoms with Crippen LogP contribution in [-0.4, -0.2) is 68.8 Å². The van der Waals surface area contributed by atoms with E-state index in [-0.39, 0.29) is 18.4 Å². The van der Waals surface area contributed by atoms with Crippen LogP contribution >= 0.6 is 0 Å². The molecule has 1 aromatic carbocycles. The lowest BCUT2D eigenvalue weighted by atomic mass is 9.39. The van der Waals surface area contributed by atoms with Gasteiger partial charge >= 0.3 is 11.9 Å². The van der Waals surface area contributed by atoms with Crippen molar-refractivity contribution in [1.82, 2.24) is 0 Å². The quantitative estimate of drug-likeness (QED) is 0.394. The van der Waals surface area contributed by atoms with Crippen molar-refractivity contribution in [2.45, 2.75) is 77.5 Å². The van der Waals surface area contributed by atoms with E-state index >= 15 is 0 Å². The number of ketones is 2. The van der Waals surface area contributed by atoms with Gasteiger partial charge in [-0.25, -0.2) is 4.79 Å². The number of carbonyl (C=O) groups excluding carboxylic acids is 4. The molecule has 0 radical (unpaired) electrons. The first kappa shape index (κ1) is 28.1. The summed E-state index contributed by atoms with van der Waals surface area (Å²) in [5, 5.41) is 34.7. The van der Waals surface area contributed by atoms with Gasteiger partial charge in [0, 0.05) is 18.8 Å². The molecule has 3 aliphatic rings. The van der Waals surface area contributed by atoms with Crippen LogP contribution in [0.2, 0.25) is 0 Å². The van der Waals surface area contributed by atoms with E-state index < -0.39 is 81.6 Å². The monoisotopic (exact) mass is 528 g/mol. The molecule has 9 heteroatoms. The van der Waals surface area contributed by atoms with E-state index in [1.165, 1.54) is 25.1 Å². The number of carbonyl (C=O) groups is 4. The minimum absolute atomic E-state index is 0.175. The largest absolute Gasteiger partial charge is 0.456 e. The van der Waals surface area contributed by atoms with Crippen LogP contribution in [0.5, 0.6) is 0 Å². The Hall–Kier alpha value is -2.88. The van der Waals surface area contributed by atoms with Crippen LogP contribution in [0.3, 0.4) is 0 Å².